The van der Waals surface area contributed by atoms with Gasteiger partial charge < -0.3 is 10.1 Å². The molecule has 0 spiro atoms. The van der Waals surface area contributed by atoms with Gasteiger partial charge in [0, 0.05) is 6.61 Å². The molecule has 0 aromatic heterocycles. The van der Waals surface area contributed by atoms with Crippen LogP contribution in [0.4, 0.5) is 0 Å². The number of nitrogens with zero attached hydrogens (tertiary/aromatic N) is 1. The Hall–Kier alpha value is -1.37. The van der Waals surface area contributed by atoms with Crippen LogP contribution in [0.5, 0.6) is 0 Å². The van der Waals surface area contributed by atoms with Crippen molar-refractivity contribution in [1.29, 1.82) is 5.26 Å². The highest BCUT2D eigenvalue weighted by molar-refractivity contribution is 5.31. The summed E-state index contributed by atoms with van der Waals surface area (Å²) in [5.41, 5.74) is 2.75. The Morgan fingerprint density at radius 2 is 2.33 bits per heavy atom. The van der Waals surface area contributed by atoms with Gasteiger partial charge in [-0.25, -0.2) is 0 Å². The third-order valence-electron chi connectivity index (χ3n) is 3.54. The topological polar surface area (TPSA) is 45.0 Å². The van der Waals surface area contributed by atoms with Crippen LogP contribution in [0.25, 0.3) is 0 Å². The molecule has 1 aromatic rings. The quantitative estimate of drug-likeness (QED) is 0.866. The lowest BCUT2D eigenvalue weighted by atomic mass is 9.89. The molecule has 0 bridgehead atoms. The van der Waals surface area contributed by atoms with Gasteiger partial charge in [0.15, 0.2) is 0 Å². The van der Waals surface area contributed by atoms with E-state index in [2.05, 4.69) is 35.7 Å². The number of hydrogen-bond acceptors (Lipinski definition) is 3. The number of rotatable bonds is 5. The Morgan fingerprint density at radius 1 is 1.50 bits per heavy atom. The molecule has 1 N–H and O–H groups in total. The summed E-state index contributed by atoms with van der Waals surface area (Å²) in [6, 6.07) is 10.6. The zero-order valence-corrected chi connectivity index (χ0v) is 10.9. The molecule has 2 atom stereocenters. The van der Waals surface area contributed by atoms with Crippen LogP contribution in [-0.2, 0) is 11.2 Å². The van der Waals surface area contributed by atoms with Gasteiger partial charge in [-0.2, -0.15) is 5.26 Å². The number of aryl methyl sites for hydroxylation is 1. The first-order chi connectivity index (χ1) is 8.85. The second-order valence-corrected chi connectivity index (χ2v) is 4.71. The minimum absolute atomic E-state index is 0.108. The Bertz CT molecular complexity index is 425. The number of hydrogen-bond donors (Lipinski definition) is 1. The molecule has 1 aliphatic carbocycles. The summed E-state index contributed by atoms with van der Waals surface area (Å²) in [7, 11) is 1.81. The van der Waals surface area contributed by atoms with E-state index in [1.807, 2.05) is 7.05 Å². The number of fused-ring (bicyclic) bond motifs is 1. The van der Waals surface area contributed by atoms with Crippen molar-refractivity contribution in [2.24, 2.45) is 0 Å². The van der Waals surface area contributed by atoms with E-state index in [0.717, 1.165) is 19.3 Å². The maximum absolute atomic E-state index is 8.85. The van der Waals surface area contributed by atoms with Crippen molar-refractivity contribution in [1.82, 2.24) is 5.32 Å². The van der Waals surface area contributed by atoms with Crippen LogP contribution < -0.4 is 5.32 Å². The van der Waals surface area contributed by atoms with Crippen LogP contribution in [-0.4, -0.2) is 19.7 Å². The van der Waals surface area contributed by atoms with Gasteiger partial charge in [0.25, 0.3) is 0 Å². The van der Waals surface area contributed by atoms with E-state index in [-0.39, 0.29) is 12.1 Å². The molecule has 0 fully saturated rings. The fourth-order valence-corrected chi connectivity index (χ4v) is 2.48. The molecule has 0 aliphatic heterocycles. The van der Waals surface area contributed by atoms with E-state index in [9.17, 15) is 0 Å². The zero-order chi connectivity index (χ0) is 12.8. The normalized spacial score (nSPS) is 19.9. The predicted molar refractivity (Wildman–Crippen MR) is 71.2 cm³/mol. The van der Waals surface area contributed by atoms with Gasteiger partial charge in [0.2, 0.25) is 0 Å². The molecular formula is C15H20N2O. The summed E-state index contributed by atoms with van der Waals surface area (Å²) in [6.45, 7) is 0.637. The van der Waals surface area contributed by atoms with Gasteiger partial charge in [-0.1, -0.05) is 24.3 Å². The number of ether oxygens (including phenoxy) is 1. The molecule has 1 aliphatic rings. The van der Waals surface area contributed by atoms with Gasteiger partial charge in [-0.3, -0.25) is 0 Å². The third-order valence-corrected chi connectivity index (χ3v) is 3.54. The lowest BCUT2D eigenvalue weighted by Gasteiger charge is -2.26. The van der Waals surface area contributed by atoms with E-state index in [0.29, 0.717) is 6.61 Å². The molecule has 96 valence electrons. The van der Waals surface area contributed by atoms with Crippen molar-refractivity contribution in [2.75, 3.05) is 13.7 Å². The van der Waals surface area contributed by atoms with E-state index in [4.69, 9.17) is 10.00 Å². The lowest BCUT2D eigenvalue weighted by Crippen LogP contribution is -2.25. The lowest BCUT2D eigenvalue weighted by molar-refractivity contribution is 0.0374. The molecule has 0 radical (unpaired) electrons. The Balaban J connectivity index is 1.90. The molecule has 0 saturated carbocycles. The highest BCUT2D eigenvalue weighted by Crippen LogP contribution is 2.32. The summed E-state index contributed by atoms with van der Waals surface area (Å²) in [4.78, 5) is 0. The summed E-state index contributed by atoms with van der Waals surface area (Å²) in [5, 5.41) is 11.8. The van der Waals surface area contributed by atoms with Crippen LogP contribution in [0.15, 0.2) is 24.3 Å². The largest absolute Gasteiger partial charge is 0.373 e. The molecular weight excluding hydrogens is 224 g/mol. The highest BCUT2D eigenvalue weighted by atomic mass is 16.5. The maximum Gasteiger partial charge on any atom is 0.0972 e. The number of nitrogens with one attached hydrogen (secondary N) is 1. The van der Waals surface area contributed by atoms with Gasteiger partial charge in [0.05, 0.1) is 18.2 Å². The van der Waals surface area contributed by atoms with Gasteiger partial charge in [-0.15, -0.1) is 0 Å². The summed E-state index contributed by atoms with van der Waals surface area (Å²) in [6.07, 6.45) is 4.40. The van der Waals surface area contributed by atoms with Crippen molar-refractivity contribution in [3.05, 3.63) is 35.4 Å². The molecule has 0 saturated heterocycles. The van der Waals surface area contributed by atoms with E-state index < -0.39 is 0 Å². The second kappa shape index (κ2) is 6.53. The monoisotopic (exact) mass is 244 g/mol. The van der Waals surface area contributed by atoms with Crippen LogP contribution in [0.2, 0.25) is 0 Å². The van der Waals surface area contributed by atoms with Crippen LogP contribution >= 0.6 is 0 Å². The van der Waals surface area contributed by atoms with Crippen LogP contribution in [0, 0.1) is 11.3 Å². The molecule has 3 heteroatoms. The van der Waals surface area contributed by atoms with Crippen molar-refractivity contribution < 1.29 is 4.74 Å². The highest BCUT2D eigenvalue weighted by Gasteiger charge is 2.20. The first-order valence-corrected chi connectivity index (χ1v) is 6.61. The summed E-state index contributed by atoms with van der Waals surface area (Å²) in [5.74, 6) is 0. The van der Waals surface area contributed by atoms with Crippen molar-refractivity contribution in [3.63, 3.8) is 0 Å². The first-order valence-electron chi connectivity index (χ1n) is 6.61. The van der Waals surface area contributed by atoms with E-state index in [1.165, 1.54) is 17.5 Å². The Labute approximate surface area is 109 Å². The second-order valence-electron chi connectivity index (χ2n) is 4.71. The standard InChI is InChI=1S/C15H20N2O/c1-17-13(11-16)9-10-18-15-8-4-6-12-5-2-3-7-14(12)15/h2-3,5,7,13,15,17H,4,6,8-10H2,1H3. The van der Waals surface area contributed by atoms with Crippen molar-refractivity contribution in [2.45, 2.75) is 37.8 Å². The third kappa shape index (κ3) is 3.10. The Kier molecular flexibility index (Phi) is 4.74. The molecule has 0 amide bonds. The SMILES string of the molecule is CNC(C#N)CCOC1CCCc2ccccc21. The zero-order valence-electron chi connectivity index (χ0n) is 10.9. The van der Waals surface area contributed by atoms with Crippen molar-refractivity contribution >= 4 is 0 Å². The molecule has 2 unspecified atom stereocenters. The molecule has 0 heterocycles. The Morgan fingerprint density at radius 3 is 3.11 bits per heavy atom. The van der Waals surface area contributed by atoms with Gasteiger partial charge in [-0.05, 0) is 43.9 Å². The van der Waals surface area contributed by atoms with Crippen LogP contribution in [0.3, 0.4) is 0 Å². The minimum atomic E-state index is -0.108. The minimum Gasteiger partial charge on any atom is -0.373 e. The molecule has 18 heavy (non-hydrogen) atoms. The average Bonchev–Trinajstić information content (AvgIpc) is 2.44. The van der Waals surface area contributed by atoms with Crippen LogP contribution in [0.1, 0.15) is 36.5 Å². The maximum atomic E-state index is 8.85. The van der Waals surface area contributed by atoms with E-state index in [1.54, 1.807) is 0 Å². The summed E-state index contributed by atoms with van der Waals surface area (Å²) >= 11 is 0. The average molecular weight is 244 g/mol. The van der Waals surface area contributed by atoms with Gasteiger partial charge in [0.1, 0.15) is 0 Å². The molecule has 1 aromatic carbocycles. The molecule has 2 rings (SSSR count). The van der Waals surface area contributed by atoms with E-state index >= 15 is 0 Å². The number of benzene rings is 1. The fourth-order valence-electron chi connectivity index (χ4n) is 2.48. The summed E-state index contributed by atoms with van der Waals surface area (Å²) < 4.78 is 5.95. The first kappa shape index (κ1) is 13.1. The smallest absolute Gasteiger partial charge is 0.0972 e. The van der Waals surface area contributed by atoms with Gasteiger partial charge >= 0.3 is 0 Å². The predicted octanol–water partition coefficient (Wildman–Crippen LogP) is 2.58. The molecule has 3 nitrogen and oxygen atoms in total. The fraction of sp³-hybridized carbons (Fsp3) is 0.533. The number of nitriles is 1. The van der Waals surface area contributed by atoms with Crippen molar-refractivity contribution in [3.8, 4) is 6.07 Å².